The number of methoxy groups -OCH3 is 1. The van der Waals surface area contributed by atoms with Gasteiger partial charge in [-0.1, -0.05) is 0 Å². The Kier molecular flexibility index (Phi) is 6.68. The highest BCUT2D eigenvalue weighted by molar-refractivity contribution is 5.69. The second-order valence-corrected chi connectivity index (χ2v) is 4.19. The van der Waals surface area contributed by atoms with Gasteiger partial charge < -0.3 is 9.64 Å². The lowest BCUT2D eigenvalue weighted by Gasteiger charge is -2.34. The fourth-order valence-electron chi connectivity index (χ4n) is 1.93. The van der Waals surface area contributed by atoms with Crippen LogP contribution in [0.1, 0.15) is 19.8 Å². The molecule has 0 radical (unpaired) electrons. The number of carbonyl (C=O) groups is 1. The van der Waals surface area contributed by atoms with Gasteiger partial charge in [0.25, 0.3) is 0 Å². The Bertz CT molecular complexity index is 286. The lowest BCUT2D eigenvalue weighted by Crippen LogP contribution is -2.47. The molecular formula is C13H22N2O2. The van der Waals surface area contributed by atoms with E-state index >= 15 is 0 Å². The molecule has 4 nitrogen and oxygen atoms in total. The molecule has 0 aromatic rings. The monoisotopic (exact) mass is 238 g/mol. The summed E-state index contributed by atoms with van der Waals surface area (Å²) in [7, 11) is 1.44. The third kappa shape index (κ3) is 5.71. The van der Waals surface area contributed by atoms with Gasteiger partial charge in [0.05, 0.1) is 13.5 Å². The first-order valence-electron chi connectivity index (χ1n) is 6.17. The summed E-state index contributed by atoms with van der Waals surface area (Å²) in [6.45, 7) is 7.98. The average Bonchev–Trinajstić information content (AvgIpc) is 2.37. The molecule has 0 N–H and O–H groups in total. The van der Waals surface area contributed by atoms with E-state index in [9.17, 15) is 4.79 Å². The minimum atomic E-state index is -0.120. The molecule has 0 amide bonds. The summed E-state index contributed by atoms with van der Waals surface area (Å²) in [5.74, 6) is 5.89. The van der Waals surface area contributed by atoms with Crippen LogP contribution in [0.4, 0.5) is 0 Å². The number of esters is 1. The van der Waals surface area contributed by atoms with E-state index in [0.717, 1.165) is 45.7 Å². The van der Waals surface area contributed by atoms with Gasteiger partial charge in [-0.15, -0.1) is 11.8 Å². The highest BCUT2D eigenvalue weighted by Gasteiger charge is 2.16. The smallest absolute Gasteiger partial charge is 0.306 e. The van der Waals surface area contributed by atoms with Gasteiger partial charge in [0, 0.05) is 45.7 Å². The Morgan fingerprint density at radius 2 is 1.76 bits per heavy atom. The topological polar surface area (TPSA) is 32.8 Å². The Hall–Kier alpha value is -1.05. The third-order valence-corrected chi connectivity index (χ3v) is 3.05. The van der Waals surface area contributed by atoms with Gasteiger partial charge in [-0.3, -0.25) is 9.69 Å². The van der Waals surface area contributed by atoms with Crippen LogP contribution in [-0.4, -0.2) is 62.1 Å². The van der Waals surface area contributed by atoms with Crippen molar-refractivity contribution in [2.75, 3.05) is 46.4 Å². The minimum absolute atomic E-state index is 0.120. The van der Waals surface area contributed by atoms with E-state index in [4.69, 9.17) is 0 Å². The molecule has 17 heavy (non-hydrogen) atoms. The predicted octanol–water partition coefficient (Wildman–Crippen LogP) is 0.581. The molecule has 0 unspecified atom stereocenters. The van der Waals surface area contributed by atoms with Crippen molar-refractivity contribution in [1.82, 2.24) is 9.80 Å². The second kappa shape index (κ2) is 8.10. The summed E-state index contributed by atoms with van der Waals surface area (Å²) >= 11 is 0. The molecule has 0 saturated carbocycles. The van der Waals surface area contributed by atoms with Crippen molar-refractivity contribution in [3.8, 4) is 11.8 Å². The largest absolute Gasteiger partial charge is 0.469 e. The van der Waals surface area contributed by atoms with Crippen LogP contribution in [0.15, 0.2) is 0 Å². The van der Waals surface area contributed by atoms with E-state index in [-0.39, 0.29) is 5.97 Å². The van der Waals surface area contributed by atoms with Crippen LogP contribution in [0.3, 0.4) is 0 Å². The van der Waals surface area contributed by atoms with Crippen molar-refractivity contribution in [2.45, 2.75) is 19.8 Å². The molecule has 1 aliphatic rings. The zero-order valence-corrected chi connectivity index (χ0v) is 10.9. The molecule has 0 aliphatic carbocycles. The predicted molar refractivity (Wildman–Crippen MR) is 67.6 cm³/mol. The normalized spacial score (nSPS) is 17.3. The zero-order valence-electron chi connectivity index (χ0n) is 10.9. The molecule has 1 rings (SSSR count). The number of hydrogen-bond donors (Lipinski definition) is 0. The molecule has 1 aliphatic heterocycles. The van der Waals surface area contributed by atoms with E-state index in [0.29, 0.717) is 6.42 Å². The first-order valence-corrected chi connectivity index (χ1v) is 6.17. The summed E-state index contributed by atoms with van der Waals surface area (Å²) in [6.07, 6.45) is 1.45. The van der Waals surface area contributed by atoms with Crippen LogP contribution in [0.25, 0.3) is 0 Å². The van der Waals surface area contributed by atoms with E-state index < -0.39 is 0 Å². The van der Waals surface area contributed by atoms with Gasteiger partial charge in [0.15, 0.2) is 0 Å². The molecule has 1 saturated heterocycles. The van der Waals surface area contributed by atoms with Crippen molar-refractivity contribution < 1.29 is 9.53 Å². The fourth-order valence-corrected chi connectivity index (χ4v) is 1.93. The molecule has 0 bridgehead atoms. The van der Waals surface area contributed by atoms with E-state index in [2.05, 4.69) is 26.4 Å². The molecular weight excluding hydrogens is 216 g/mol. The Morgan fingerprint density at radius 3 is 2.29 bits per heavy atom. The molecule has 1 heterocycles. The highest BCUT2D eigenvalue weighted by atomic mass is 16.5. The molecule has 0 atom stereocenters. The van der Waals surface area contributed by atoms with Crippen LogP contribution < -0.4 is 0 Å². The number of piperazine rings is 1. The van der Waals surface area contributed by atoms with Gasteiger partial charge >= 0.3 is 5.97 Å². The first-order chi connectivity index (χ1) is 8.26. The fraction of sp³-hybridized carbons (Fsp3) is 0.769. The molecule has 1 fully saturated rings. The molecule has 0 aromatic carbocycles. The third-order valence-electron chi connectivity index (χ3n) is 3.05. The number of rotatable bonds is 5. The average molecular weight is 238 g/mol. The van der Waals surface area contributed by atoms with Crippen molar-refractivity contribution >= 4 is 5.97 Å². The Balaban J connectivity index is 2.12. The molecule has 96 valence electrons. The summed E-state index contributed by atoms with van der Waals surface area (Å²) in [5.41, 5.74) is 0. The van der Waals surface area contributed by atoms with Crippen molar-refractivity contribution in [3.63, 3.8) is 0 Å². The number of carbonyl (C=O) groups excluding carboxylic acids is 1. The number of ether oxygens (including phenoxy) is 1. The summed E-state index contributed by atoms with van der Waals surface area (Å²) in [4.78, 5) is 15.8. The Morgan fingerprint density at radius 1 is 1.18 bits per heavy atom. The molecule has 0 spiro atoms. The Labute approximate surface area is 104 Å². The second-order valence-electron chi connectivity index (χ2n) is 4.19. The number of hydrogen-bond acceptors (Lipinski definition) is 4. The maximum atomic E-state index is 11.0. The van der Waals surface area contributed by atoms with Crippen LogP contribution in [0.2, 0.25) is 0 Å². The van der Waals surface area contributed by atoms with Crippen LogP contribution >= 0.6 is 0 Å². The maximum absolute atomic E-state index is 11.0. The van der Waals surface area contributed by atoms with E-state index in [1.807, 2.05) is 6.92 Å². The van der Waals surface area contributed by atoms with Gasteiger partial charge in [-0.25, -0.2) is 0 Å². The van der Waals surface area contributed by atoms with Crippen LogP contribution in [-0.2, 0) is 9.53 Å². The zero-order chi connectivity index (χ0) is 12.5. The SMILES string of the molecule is CC#CCCN1CCN(CCC(=O)OC)CC1. The van der Waals surface area contributed by atoms with Gasteiger partial charge in [-0.2, -0.15) is 0 Å². The summed E-state index contributed by atoms with van der Waals surface area (Å²) < 4.78 is 4.64. The van der Waals surface area contributed by atoms with Gasteiger partial charge in [0.2, 0.25) is 0 Å². The van der Waals surface area contributed by atoms with Gasteiger partial charge in [-0.05, 0) is 6.92 Å². The van der Waals surface area contributed by atoms with Crippen molar-refractivity contribution in [2.24, 2.45) is 0 Å². The summed E-state index contributed by atoms with van der Waals surface area (Å²) in [6, 6.07) is 0. The van der Waals surface area contributed by atoms with Crippen molar-refractivity contribution in [1.29, 1.82) is 0 Å². The van der Waals surface area contributed by atoms with Crippen molar-refractivity contribution in [3.05, 3.63) is 0 Å². The van der Waals surface area contributed by atoms with Crippen LogP contribution in [0, 0.1) is 11.8 Å². The maximum Gasteiger partial charge on any atom is 0.306 e. The quantitative estimate of drug-likeness (QED) is 0.518. The lowest BCUT2D eigenvalue weighted by atomic mass is 10.2. The molecule has 4 heteroatoms. The lowest BCUT2D eigenvalue weighted by molar-refractivity contribution is -0.141. The van der Waals surface area contributed by atoms with Crippen LogP contribution in [0.5, 0.6) is 0 Å². The molecule has 0 aromatic heterocycles. The van der Waals surface area contributed by atoms with E-state index in [1.165, 1.54) is 7.11 Å². The first kappa shape index (κ1) is 14.0. The number of nitrogens with zero attached hydrogens (tertiary/aromatic N) is 2. The van der Waals surface area contributed by atoms with E-state index in [1.54, 1.807) is 0 Å². The van der Waals surface area contributed by atoms with Gasteiger partial charge in [0.1, 0.15) is 0 Å². The standard InChI is InChI=1S/C13H22N2O2/c1-3-4-5-7-14-9-11-15(12-10-14)8-6-13(16)17-2/h5-12H2,1-2H3. The minimum Gasteiger partial charge on any atom is -0.469 e. The summed E-state index contributed by atoms with van der Waals surface area (Å²) in [5, 5.41) is 0. The highest BCUT2D eigenvalue weighted by Crippen LogP contribution is 2.03.